The zero-order valence-electron chi connectivity index (χ0n) is 7.52. The molecule has 1 aliphatic rings. The molecule has 1 aliphatic heterocycles. The zero-order chi connectivity index (χ0) is 9.47. The molecule has 0 radical (unpaired) electrons. The monoisotopic (exact) mass is 214 g/mol. The van der Waals surface area contributed by atoms with Crippen LogP contribution in [0.1, 0.15) is 0 Å². The molecule has 0 unspecified atom stereocenters. The van der Waals surface area contributed by atoms with Gasteiger partial charge < -0.3 is 5.09 Å². The van der Waals surface area contributed by atoms with Crippen molar-refractivity contribution in [3.8, 4) is 0 Å². The van der Waals surface area contributed by atoms with E-state index in [1.807, 2.05) is 38.4 Å². The van der Waals surface area contributed by atoms with Gasteiger partial charge >= 0.3 is 0 Å². The fraction of sp³-hybridized carbons (Fsp3) is 0.250. The normalized spacial score (nSPS) is 25.8. The largest absolute Gasteiger partial charge is 0.315 e. The third kappa shape index (κ3) is 1.50. The molecule has 0 saturated heterocycles. The van der Waals surface area contributed by atoms with Crippen LogP contribution in [0, 0.1) is 0 Å². The van der Waals surface area contributed by atoms with Crippen LogP contribution in [-0.4, -0.2) is 18.8 Å². The molecular weight excluding hydrogens is 203 g/mol. The van der Waals surface area contributed by atoms with E-state index in [1.54, 1.807) is 4.67 Å². The number of rotatable bonds is 1. The Morgan fingerprint density at radius 2 is 2.08 bits per heavy atom. The van der Waals surface area contributed by atoms with E-state index in [-0.39, 0.29) is 0 Å². The van der Waals surface area contributed by atoms with Crippen molar-refractivity contribution in [2.75, 3.05) is 19.2 Å². The second kappa shape index (κ2) is 3.05. The molecule has 1 aromatic rings. The molecule has 5 heteroatoms. The molecule has 1 N–H and O–H groups in total. The topological polar surface area (TPSA) is 32.3 Å². The van der Waals surface area contributed by atoms with E-state index in [4.69, 9.17) is 0 Å². The Hall–Kier alpha value is -0.440. The van der Waals surface area contributed by atoms with Crippen molar-refractivity contribution in [1.29, 1.82) is 0 Å². The highest BCUT2D eigenvalue weighted by atomic mass is 32.7. The third-order valence-electron chi connectivity index (χ3n) is 1.90. The zero-order valence-corrected chi connectivity index (χ0v) is 9.23. The summed E-state index contributed by atoms with van der Waals surface area (Å²) in [6.45, 7) is -2.42. The third-order valence-corrected chi connectivity index (χ3v) is 6.86. The fourth-order valence-corrected chi connectivity index (χ4v) is 4.94. The first kappa shape index (κ1) is 9.13. The standard InChI is InChI=1S/C8H11N2OPS/c1-10(2)12(11)9-7-5-3-4-6-8(7)13-12/h3-6H,1-2H3,(H,9,11)/t12-/m0/s1. The van der Waals surface area contributed by atoms with E-state index < -0.39 is 6.65 Å². The molecule has 3 nitrogen and oxygen atoms in total. The molecule has 0 aliphatic carbocycles. The van der Waals surface area contributed by atoms with Crippen LogP contribution >= 0.6 is 18.0 Å². The van der Waals surface area contributed by atoms with Crippen LogP contribution in [0.4, 0.5) is 5.69 Å². The van der Waals surface area contributed by atoms with Crippen molar-refractivity contribution in [2.24, 2.45) is 0 Å². The summed E-state index contributed by atoms with van der Waals surface area (Å²) in [4.78, 5) is 1.07. The summed E-state index contributed by atoms with van der Waals surface area (Å²) in [6, 6.07) is 7.83. The van der Waals surface area contributed by atoms with Gasteiger partial charge in [-0.3, -0.25) is 4.57 Å². The number of benzene rings is 1. The highest BCUT2D eigenvalue weighted by Gasteiger charge is 2.33. The Labute approximate surface area is 81.7 Å². The van der Waals surface area contributed by atoms with E-state index >= 15 is 0 Å². The lowest BCUT2D eigenvalue weighted by atomic mass is 10.3. The van der Waals surface area contributed by atoms with Crippen LogP contribution in [-0.2, 0) is 4.57 Å². The Bertz CT molecular complexity index is 351. The quantitative estimate of drug-likeness (QED) is 0.728. The Kier molecular flexibility index (Phi) is 2.14. The molecule has 1 heterocycles. The van der Waals surface area contributed by atoms with Crippen LogP contribution in [0.25, 0.3) is 0 Å². The van der Waals surface area contributed by atoms with Gasteiger partial charge in [-0.1, -0.05) is 12.1 Å². The average molecular weight is 214 g/mol. The van der Waals surface area contributed by atoms with Crippen molar-refractivity contribution >= 4 is 23.7 Å². The number of hydrogen-bond donors (Lipinski definition) is 1. The van der Waals surface area contributed by atoms with Gasteiger partial charge in [-0.15, -0.1) is 0 Å². The molecule has 0 spiro atoms. The fourth-order valence-electron chi connectivity index (χ4n) is 1.13. The predicted octanol–water partition coefficient (Wildman–Crippen LogP) is 2.87. The summed E-state index contributed by atoms with van der Waals surface area (Å²) in [7, 11) is 3.65. The van der Waals surface area contributed by atoms with Crippen LogP contribution in [0.3, 0.4) is 0 Å². The van der Waals surface area contributed by atoms with Gasteiger partial charge in [-0.25, -0.2) is 4.67 Å². The van der Waals surface area contributed by atoms with Crippen molar-refractivity contribution in [3.63, 3.8) is 0 Å². The van der Waals surface area contributed by atoms with E-state index in [9.17, 15) is 4.57 Å². The number of nitrogens with one attached hydrogen (secondary N) is 1. The van der Waals surface area contributed by atoms with E-state index in [0.29, 0.717) is 0 Å². The van der Waals surface area contributed by atoms with E-state index in [1.165, 1.54) is 11.4 Å². The van der Waals surface area contributed by atoms with Gasteiger partial charge in [0.2, 0.25) is 0 Å². The van der Waals surface area contributed by atoms with Crippen molar-refractivity contribution in [3.05, 3.63) is 24.3 Å². The van der Waals surface area contributed by atoms with Crippen molar-refractivity contribution < 1.29 is 4.57 Å². The van der Waals surface area contributed by atoms with Gasteiger partial charge in [0.1, 0.15) is 0 Å². The Morgan fingerprint density at radius 3 is 2.69 bits per heavy atom. The van der Waals surface area contributed by atoms with Gasteiger partial charge in [0.15, 0.2) is 0 Å². The summed E-state index contributed by atoms with van der Waals surface area (Å²) in [5.74, 6) is 0. The van der Waals surface area contributed by atoms with Gasteiger partial charge in [0.05, 0.1) is 5.69 Å². The molecule has 0 amide bonds. The van der Waals surface area contributed by atoms with E-state index in [2.05, 4.69) is 5.09 Å². The Morgan fingerprint density at radius 1 is 1.38 bits per heavy atom. The molecule has 0 bridgehead atoms. The van der Waals surface area contributed by atoms with Crippen LogP contribution < -0.4 is 5.09 Å². The van der Waals surface area contributed by atoms with E-state index in [0.717, 1.165) is 10.6 Å². The predicted molar refractivity (Wildman–Crippen MR) is 57.2 cm³/mol. The highest BCUT2D eigenvalue weighted by molar-refractivity contribution is 8.58. The molecule has 0 saturated carbocycles. The van der Waals surface area contributed by atoms with Crippen LogP contribution in [0.2, 0.25) is 0 Å². The van der Waals surface area contributed by atoms with Gasteiger partial charge in [-0.05, 0) is 37.6 Å². The minimum atomic E-state index is -2.42. The summed E-state index contributed by atoms with van der Waals surface area (Å²) in [5, 5.41) is 3.05. The molecule has 1 atom stereocenters. The van der Waals surface area contributed by atoms with Crippen molar-refractivity contribution in [2.45, 2.75) is 4.90 Å². The van der Waals surface area contributed by atoms with Gasteiger partial charge in [0, 0.05) is 4.90 Å². The first-order valence-electron chi connectivity index (χ1n) is 3.96. The first-order valence-corrected chi connectivity index (χ1v) is 7.05. The number of hydrogen-bond acceptors (Lipinski definition) is 2. The molecule has 70 valence electrons. The SMILES string of the molecule is CN(C)[P@]1(=O)Nc2ccccc2S1. The maximum absolute atomic E-state index is 12.1. The highest BCUT2D eigenvalue weighted by Crippen LogP contribution is 2.68. The van der Waals surface area contributed by atoms with Crippen molar-refractivity contribution in [1.82, 2.24) is 4.67 Å². The maximum atomic E-state index is 12.1. The minimum absolute atomic E-state index is 0.976. The van der Waals surface area contributed by atoms with Gasteiger partial charge in [-0.2, -0.15) is 0 Å². The molecular formula is C8H11N2OPS. The summed E-state index contributed by atoms with van der Waals surface area (Å²) in [5.41, 5.74) is 0.976. The molecule has 13 heavy (non-hydrogen) atoms. The number of nitrogens with zero attached hydrogens (tertiary/aromatic N) is 1. The minimum Gasteiger partial charge on any atom is -0.315 e. The summed E-state index contributed by atoms with van der Waals surface area (Å²) in [6.07, 6.45) is 0. The summed E-state index contributed by atoms with van der Waals surface area (Å²) >= 11 is 1.42. The molecule has 0 aromatic heterocycles. The lowest BCUT2D eigenvalue weighted by Crippen LogP contribution is -2.08. The van der Waals surface area contributed by atoms with Crippen LogP contribution in [0.15, 0.2) is 29.2 Å². The number of anilines is 1. The van der Waals surface area contributed by atoms with Gasteiger partial charge in [0.25, 0.3) is 6.65 Å². The Balaban J connectivity index is 2.37. The second-order valence-electron chi connectivity index (χ2n) is 3.07. The van der Waals surface area contributed by atoms with Crippen LogP contribution in [0.5, 0.6) is 0 Å². The molecule has 1 aromatic carbocycles. The lowest BCUT2D eigenvalue weighted by molar-refractivity contribution is 0.535. The smallest absolute Gasteiger partial charge is 0.297 e. The molecule has 2 rings (SSSR count). The number of fused-ring (bicyclic) bond motifs is 1. The average Bonchev–Trinajstić information content (AvgIpc) is 2.42. The first-order chi connectivity index (χ1) is 6.12. The second-order valence-corrected chi connectivity index (χ2v) is 7.79. The maximum Gasteiger partial charge on any atom is 0.297 e. The lowest BCUT2D eigenvalue weighted by Gasteiger charge is -2.18. The molecule has 0 fully saturated rings. The number of para-hydroxylation sites is 1. The summed E-state index contributed by atoms with van der Waals surface area (Å²) < 4.78 is 13.9.